The molecule has 0 radical (unpaired) electrons. The summed E-state index contributed by atoms with van der Waals surface area (Å²) in [6, 6.07) is 7.84. The quantitative estimate of drug-likeness (QED) is 0.745. The average molecular weight is 217 g/mol. The monoisotopic (exact) mass is 217 g/mol. The van der Waals surface area contributed by atoms with Crippen LogP contribution in [0.1, 0.15) is 38.7 Å². The second-order valence-corrected chi connectivity index (χ2v) is 4.10. The maximum absolute atomic E-state index is 8.72. The van der Waals surface area contributed by atoms with E-state index in [0.29, 0.717) is 17.3 Å². The fraction of sp³-hybridized carbons (Fsp3) is 0.462. The van der Waals surface area contributed by atoms with Gasteiger partial charge in [-0.05, 0) is 31.5 Å². The Labute approximate surface area is 97.3 Å². The standard InChI is InChI=1S/C13H19N3/c1-3-4-5-10(2)16-13-7-6-11(9-14)8-12(13)15/h6-8,10,16H,3-5,15H2,1-2H3. The van der Waals surface area contributed by atoms with E-state index in [-0.39, 0.29) is 0 Å². The SMILES string of the molecule is CCCCC(C)Nc1ccc(C#N)cc1N. The molecule has 0 aliphatic heterocycles. The van der Waals surface area contributed by atoms with Crippen LogP contribution in [0, 0.1) is 11.3 Å². The third-order valence-electron chi connectivity index (χ3n) is 2.57. The third-order valence-corrected chi connectivity index (χ3v) is 2.57. The summed E-state index contributed by atoms with van der Waals surface area (Å²) in [6.45, 7) is 4.33. The number of benzene rings is 1. The predicted molar refractivity (Wildman–Crippen MR) is 68.2 cm³/mol. The lowest BCUT2D eigenvalue weighted by molar-refractivity contribution is 0.645. The van der Waals surface area contributed by atoms with Gasteiger partial charge in [0.2, 0.25) is 0 Å². The number of hydrogen-bond acceptors (Lipinski definition) is 3. The first-order valence-electron chi connectivity index (χ1n) is 5.73. The van der Waals surface area contributed by atoms with Crippen molar-refractivity contribution in [1.82, 2.24) is 0 Å². The highest BCUT2D eigenvalue weighted by atomic mass is 14.9. The lowest BCUT2D eigenvalue weighted by Gasteiger charge is -2.16. The van der Waals surface area contributed by atoms with Gasteiger partial charge in [0.1, 0.15) is 0 Å². The van der Waals surface area contributed by atoms with Gasteiger partial charge in [-0.15, -0.1) is 0 Å². The van der Waals surface area contributed by atoms with Gasteiger partial charge >= 0.3 is 0 Å². The molecule has 0 bridgehead atoms. The molecule has 1 rings (SSSR count). The molecule has 0 saturated heterocycles. The lowest BCUT2D eigenvalue weighted by atomic mass is 10.1. The number of nitriles is 1. The number of nitrogens with two attached hydrogens (primary N) is 1. The molecule has 3 nitrogen and oxygen atoms in total. The minimum atomic E-state index is 0.412. The molecule has 1 atom stereocenters. The van der Waals surface area contributed by atoms with Crippen LogP contribution in [0.5, 0.6) is 0 Å². The van der Waals surface area contributed by atoms with Gasteiger partial charge in [0.25, 0.3) is 0 Å². The fourth-order valence-electron chi connectivity index (χ4n) is 1.61. The van der Waals surface area contributed by atoms with Crippen LogP contribution in [0.4, 0.5) is 11.4 Å². The number of nitrogens with one attached hydrogen (secondary N) is 1. The molecule has 1 unspecified atom stereocenters. The van der Waals surface area contributed by atoms with Gasteiger partial charge in [-0.2, -0.15) is 5.26 Å². The van der Waals surface area contributed by atoms with Gasteiger partial charge in [-0.25, -0.2) is 0 Å². The molecule has 3 N–H and O–H groups in total. The van der Waals surface area contributed by atoms with Gasteiger partial charge in [0, 0.05) is 6.04 Å². The van der Waals surface area contributed by atoms with Crippen LogP contribution in [-0.2, 0) is 0 Å². The highest BCUT2D eigenvalue weighted by Crippen LogP contribution is 2.21. The minimum absolute atomic E-state index is 0.412. The first-order chi connectivity index (χ1) is 7.67. The van der Waals surface area contributed by atoms with Gasteiger partial charge < -0.3 is 11.1 Å². The molecule has 0 spiro atoms. The van der Waals surface area contributed by atoms with Crippen molar-refractivity contribution in [3.05, 3.63) is 23.8 Å². The Morgan fingerprint density at radius 2 is 2.25 bits per heavy atom. The highest BCUT2D eigenvalue weighted by Gasteiger charge is 2.04. The topological polar surface area (TPSA) is 61.8 Å². The number of anilines is 2. The van der Waals surface area contributed by atoms with Crippen LogP contribution in [0.3, 0.4) is 0 Å². The second-order valence-electron chi connectivity index (χ2n) is 4.10. The fourth-order valence-corrected chi connectivity index (χ4v) is 1.61. The van der Waals surface area contributed by atoms with Crippen LogP contribution in [0.2, 0.25) is 0 Å². The molecule has 3 heteroatoms. The summed E-state index contributed by atoms with van der Waals surface area (Å²) in [5.74, 6) is 0. The van der Waals surface area contributed by atoms with E-state index < -0.39 is 0 Å². The highest BCUT2D eigenvalue weighted by molar-refractivity contribution is 5.68. The van der Waals surface area contributed by atoms with Crippen molar-refractivity contribution in [3.63, 3.8) is 0 Å². The normalized spacial score (nSPS) is 11.8. The van der Waals surface area contributed by atoms with Crippen molar-refractivity contribution >= 4 is 11.4 Å². The molecule has 0 fully saturated rings. The number of hydrogen-bond donors (Lipinski definition) is 2. The van der Waals surface area contributed by atoms with Crippen molar-refractivity contribution < 1.29 is 0 Å². The number of unbranched alkanes of at least 4 members (excludes halogenated alkanes) is 1. The number of rotatable bonds is 5. The van der Waals surface area contributed by atoms with Crippen molar-refractivity contribution in [2.24, 2.45) is 0 Å². The van der Waals surface area contributed by atoms with Crippen molar-refractivity contribution in [3.8, 4) is 6.07 Å². The van der Waals surface area contributed by atoms with E-state index in [1.54, 1.807) is 12.1 Å². The third kappa shape index (κ3) is 3.47. The van der Waals surface area contributed by atoms with Crippen LogP contribution in [0.15, 0.2) is 18.2 Å². The Morgan fingerprint density at radius 3 is 2.81 bits per heavy atom. The van der Waals surface area contributed by atoms with Crippen molar-refractivity contribution in [2.45, 2.75) is 39.2 Å². The van der Waals surface area contributed by atoms with Crippen LogP contribution in [-0.4, -0.2) is 6.04 Å². The summed E-state index contributed by atoms with van der Waals surface area (Å²) in [7, 11) is 0. The molecule has 1 aromatic carbocycles. The smallest absolute Gasteiger partial charge is 0.0992 e. The molecule has 16 heavy (non-hydrogen) atoms. The molecule has 86 valence electrons. The van der Waals surface area contributed by atoms with E-state index in [4.69, 9.17) is 11.0 Å². The maximum atomic E-state index is 8.72. The van der Waals surface area contributed by atoms with Crippen LogP contribution < -0.4 is 11.1 Å². The summed E-state index contributed by atoms with van der Waals surface area (Å²) >= 11 is 0. The maximum Gasteiger partial charge on any atom is 0.0992 e. The summed E-state index contributed by atoms with van der Waals surface area (Å²) in [4.78, 5) is 0. The lowest BCUT2D eigenvalue weighted by Crippen LogP contribution is -2.15. The minimum Gasteiger partial charge on any atom is -0.397 e. The van der Waals surface area contributed by atoms with Crippen LogP contribution >= 0.6 is 0 Å². The Bertz CT molecular complexity index is 379. The Kier molecular flexibility index (Phi) is 4.65. The zero-order valence-electron chi connectivity index (χ0n) is 9.96. The van der Waals surface area contributed by atoms with E-state index in [2.05, 4.69) is 25.2 Å². The molecule has 0 aromatic heterocycles. The molecule has 0 saturated carbocycles. The van der Waals surface area contributed by atoms with Gasteiger partial charge in [-0.3, -0.25) is 0 Å². The molecular formula is C13H19N3. The Morgan fingerprint density at radius 1 is 1.50 bits per heavy atom. The van der Waals surface area contributed by atoms with Crippen molar-refractivity contribution in [2.75, 3.05) is 11.1 Å². The van der Waals surface area contributed by atoms with E-state index in [1.165, 1.54) is 12.8 Å². The molecule has 0 heterocycles. The van der Waals surface area contributed by atoms with Crippen molar-refractivity contribution in [1.29, 1.82) is 5.26 Å². The average Bonchev–Trinajstić information content (AvgIpc) is 2.29. The number of nitrogen functional groups attached to an aromatic ring is 1. The first kappa shape index (κ1) is 12.4. The predicted octanol–water partition coefficient (Wildman–Crippen LogP) is 3.13. The largest absolute Gasteiger partial charge is 0.397 e. The van der Waals surface area contributed by atoms with E-state index in [1.807, 2.05) is 6.07 Å². The second kappa shape index (κ2) is 6.02. The Balaban J connectivity index is 2.64. The molecular weight excluding hydrogens is 198 g/mol. The van der Waals surface area contributed by atoms with Crippen LogP contribution in [0.25, 0.3) is 0 Å². The van der Waals surface area contributed by atoms with E-state index in [9.17, 15) is 0 Å². The van der Waals surface area contributed by atoms with Gasteiger partial charge in [0.15, 0.2) is 0 Å². The summed E-state index contributed by atoms with van der Waals surface area (Å²) in [6.07, 6.45) is 3.55. The first-order valence-corrected chi connectivity index (χ1v) is 5.73. The summed E-state index contributed by atoms with van der Waals surface area (Å²) in [5, 5.41) is 12.1. The molecule has 1 aromatic rings. The molecule has 0 amide bonds. The van der Waals surface area contributed by atoms with E-state index in [0.717, 1.165) is 12.1 Å². The summed E-state index contributed by atoms with van der Waals surface area (Å²) < 4.78 is 0. The molecule has 0 aliphatic carbocycles. The van der Waals surface area contributed by atoms with Gasteiger partial charge in [-0.1, -0.05) is 19.8 Å². The van der Waals surface area contributed by atoms with E-state index >= 15 is 0 Å². The molecule has 0 aliphatic rings. The number of nitrogens with zero attached hydrogens (tertiary/aromatic N) is 1. The zero-order chi connectivity index (χ0) is 12.0. The van der Waals surface area contributed by atoms with Gasteiger partial charge in [0.05, 0.1) is 23.0 Å². The Hall–Kier alpha value is -1.69. The zero-order valence-corrected chi connectivity index (χ0v) is 9.96. The summed E-state index contributed by atoms with van der Waals surface area (Å²) in [5.41, 5.74) is 8.02.